The molecule has 9 heteroatoms. The number of rotatable bonds is 6. The van der Waals surface area contributed by atoms with Gasteiger partial charge in [-0.1, -0.05) is 73.9 Å². The molecule has 4 amide bonds. The molecule has 0 spiro atoms. The summed E-state index contributed by atoms with van der Waals surface area (Å²) in [6.45, 7) is 1.45. The van der Waals surface area contributed by atoms with Crippen molar-refractivity contribution in [3.63, 3.8) is 0 Å². The number of amides is 4. The number of benzene rings is 3. The molecule has 4 aromatic rings. The highest BCUT2D eigenvalue weighted by atomic mass is 32.1. The van der Waals surface area contributed by atoms with E-state index in [9.17, 15) is 19.5 Å². The standard InChI is InChI=1S/C36H38N4O4S/c41-29-15-13-24(14-16-29)19-28-22-39-32(23-38(34(28)42)21-25-7-2-1-3-8-25)40(31-17-18-45-33(31)35(39)43)36(44)37-20-27-11-6-10-26-9-4-5-12-30(26)27/h4-6,9-18,25,28,32,41H,1-3,7-8,19-23H2,(H,37,44)/t28-,32?/m1/s1. The van der Waals surface area contributed by atoms with Crippen LogP contribution in [0.5, 0.6) is 5.75 Å². The van der Waals surface area contributed by atoms with Crippen molar-refractivity contribution in [2.45, 2.75) is 51.2 Å². The second-order valence-electron chi connectivity index (χ2n) is 12.6. The van der Waals surface area contributed by atoms with Crippen molar-refractivity contribution in [3.8, 4) is 5.75 Å². The van der Waals surface area contributed by atoms with Crippen molar-refractivity contribution >= 4 is 45.6 Å². The summed E-state index contributed by atoms with van der Waals surface area (Å²) in [7, 11) is 0. The number of aromatic hydroxyl groups is 1. The van der Waals surface area contributed by atoms with Gasteiger partial charge in [-0.25, -0.2) is 4.79 Å². The van der Waals surface area contributed by atoms with E-state index in [4.69, 9.17) is 0 Å². The third kappa shape index (κ3) is 5.89. The highest BCUT2D eigenvalue weighted by Gasteiger charge is 2.47. The van der Waals surface area contributed by atoms with Crippen LogP contribution in [0.15, 0.2) is 78.2 Å². The molecule has 0 bridgehead atoms. The predicted molar refractivity (Wildman–Crippen MR) is 176 cm³/mol. The number of urea groups is 1. The van der Waals surface area contributed by atoms with Gasteiger partial charge in [0, 0.05) is 19.6 Å². The smallest absolute Gasteiger partial charge is 0.323 e. The fraction of sp³-hybridized carbons (Fsp3) is 0.361. The molecule has 8 nitrogen and oxygen atoms in total. The van der Waals surface area contributed by atoms with E-state index in [0.29, 0.717) is 36.0 Å². The van der Waals surface area contributed by atoms with Gasteiger partial charge in [0.15, 0.2) is 0 Å². The molecule has 2 atom stereocenters. The van der Waals surface area contributed by atoms with Crippen LogP contribution in [0, 0.1) is 11.8 Å². The van der Waals surface area contributed by atoms with Gasteiger partial charge in [0.2, 0.25) is 5.91 Å². The van der Waals surface area contributed by atoms with Gasteiger partial charge >= 0.3 is 6.03 Å². The fourth-order valence-electron chi connectivity index (χ4n) is 7.33. The Labute approximate surface area is 267 Å². The number of nitrogens with zero attached hydrogens (tertiary/aromatic N) is 3. The Morgan fingerprint density at radius 2 is 1.69 bits per heavy atom. The van der Waals surface area contributed by atoms with Crippen molar-refractivity contribution in [2.24, 2.45) is 11.8 Å². The largest absolute Gasteiger partial charge is 0.508 e. The fourth-order valence-corrected chi connectivity index (χ4v) is 8.16. The quantitative estimate of drug-likeness (QED) is 0.261. The zero-order chi connectivity index (χ0) is 30.9. The second kappa shape index (κ2) is 12.6. The molecule has 3 aliphatic rings. The van der Waals surface area contributed by atoms with Gasteiger partial charge in [-0.15, -0.1) is 11.3 Å². The van der Waals surface area contributed by atoms with Crippen molar-refractivity contribution in [2.75, 3.05) is 24.5 Å². The highest BCUT2D eigenvalue weighted by molar-refractivity contribution is 7.12. The molecule has 1 aliphatic carbocycles. The predicted octanol–water partition coefficient (Wildman–Crippen LogP) is 6.39. The summed E-state index contributed by atoms with van der Waals surface area (Å²) in [5.74, 6) is 0.00960. The molecule has 232 valence electrons. The van der Waals surface area contributed by atoms with Crippen LogP contribution < -0.4 is 10.2 Å². The first-order chi connectivity index (χ1) is 22.0. The zero-order valence-electron chi connectivity index (χ0n) is 25.2. The van der Waals surface area contributed by atoms with Crippen LogP contribution >= 0.6 is 11.3 Å². The molecule has 2 aliphatic heterocycles. The number of phenols is 1. The average Bonchev–Trinajstić information content (AvgIpc) is 3.51. The Morgan fingerprint density at radius 1 is 0.911 bits per heavy atom. The number of carbonyl (C=O) groups excluding carboxylic acids is 3. The molecule has 2 N–H and O–H groups in total. The minimum absolute atomic E-state index is 0.0234. The molecule has 7 rings (SSSR count). The van der Waals surface area contributed by atoms with E-state index in [1.54, 1.807) is 21.9 Å². The molecule has 3 heterocycles. The Hall–Kier alpha value is -4.37. The van der Waals surface area contributed by atoms with E-state index in [1.807, 2.05) is 52.7 Å². The zero-order valence-corrected chi connectivity index (χ0v) is 26.0. The second-order valence-corrected chi connectivity index (χ2v) is 13.5. The summed E-state index contributed by atoms with van der Waals surface area (Å²) < 4.78 is 0. The summed E-state index contributed by atoms with van der Waals surface area (Å²) in [4.78, 5) is 48.4. The molecule has 1 aromatic heterocycles. The lowest BCUT2D eigenvalue weighted by Gasteiger charge is -2.43. The maximum Gasteiger partial charge on any atom is 0.323 e. The molecule has 45 heavy (non-hydrogen) atoms. The Bertz CT molecular complexity index is 1710. The third-order valence-electron chi connectivity index (χ3n) is 9.63. The van der Waals surface area contributed by atoms with Crippen molar-refractivity contribution < 1.29 is 19.5 Å². The van der Waals surface area contributed by atoms with Crippen LogP contribution in [0.2, 0.25) is 0 Å². The average molecular weight is 623 g/mol. The van der Waals surface area contributed by atoms with Gasteiger partial charge in [-0.05, 0) is 70.7 Å². The van der Waals surface area contributed by atoms with Crippen molar-refractivity contribution in [1.82, 2.24) is 15.1 Å². The molecular formula is C36H38N4O4S. The van der Waals surface area contributed by atoms with Gasteiger partial charge < -0.3 is 20.2 Å². The third-order valence-corrected chi connectivity index (χ3v) is 10.5. The van der Waals surface area contributed by atoms with Crippen LogP contribution in [0.25, 0.3) is 10.8 Å². The first-order valence-electron chi connectivity index (χ1n) is 15.9. The van der Waals surface area contributed by atoms with Crippen molar-refractivity contribution in [3.05, 3.63) is 94.2 Å². The van der Waals surface area contributed by atoms with Gasteiger partial charge in [-0.2, -0.15) is 0 Å². The Morgan fingerprint density at radius 3 is 2.51 bits per heavy atom. The SMILES string of the molecule is O=C1[C@H](Cc2ccc(O)cc2)CN2C(=O)c3sccc3N(C(=O)NCc3cccc4ccccc34)C2CN1CC1CCCCC1. The number of nitrogens with one attached hydrogen (secondary N) is 1. The summed E-state index contributed by atoms with van der Waals surface area (Å²) in [5, 5.41) is 17.0. The number of fused-ring (bicyclic) bond motifs is 3. The topological polar surface area (TPSA) is 93.2 Å². The van der Waals surface area contributed by atoms with Crippen LogP contribution in [0.1, 0.15) is 52.9 Å². The van der Waals surface area contributed by atoms with E-state index in [0.717, 1.165) is 34.7 Å². The molecule has 1 saturated carbocycles. The number of thiophene rings is 1. The number of phenolic OH excluding ortho intramolecular Hbond substituents is 1. The normalized spacial score (nSPS) is 20.6. The highest BCUT2D eigenvalue weighted by Crippen LogP contribution is 2.38. The van der Waals surface area contributed by atoms with E-state index < -0.39 is 12.1 Å². The molecule has 3 aromatic carbocycles. The lowest BCUT2D eigenvalue weighted by Crippen LogP contribution is -2.62. The minimum atomic E-state index is -0.621. The molecular weight excluding hydrogens is 584 g/mol. The van der Waals surface area contributed by atoms with Gasteiger partial charge in [-0.3, -0.25) is 14.5 Å². The summed E-state index contributed by atoms with van der Waals surface area (Å²) in [6, 6.07) is 22.7. The first-order valence-corrected chi connectivity index (χ1v) is 16.8. The maximum absolute atomic E-state index is 14.3. The molecule has 1 saturated heterocycles. The molecule has 1 unspecified atom stereocenters. The van der Waals surface area contributed by atoms with Crippen LogP contribution in [0.4, 0.5) is 10.5 Å². The van der Waals surface area contributed by atoms with Crippen molar-refractivity contribution in [1.29, 1.82) is 0 Å². The van der Waals surface area contributed by atoms with E-state index >= 15 is 0 Å². The summed E-state index contributed by atoms with van der Waals surface area (Å²) in [5.41, 5.74) is 2.54. The lowest BCUT2D eigenvalue weighted by molar-refractivity contribution is -0.135. The van der Waals surface area contributed by atoms with Crippen LogP contribution in [-0.4, -0.2) is 58.6 Å². The number of hydrogen-bond donors (Lipinski definition) is 2. The monoisotopic (exact) mass is 622 g/mol. The van der Waals surface area contributed by atoms with E-state index in [-0.39, 0.29) is 36.7 Å². The van der Waals surface area contributed by atoms with E-state index in [2.05, 4.69) is 23.5 Å². The number of hydrogen-bond acceptors (Lipinski definition) is 5. The number of anilines is 1. The van der Waals surface area contributed by atoms with Gasteiger partial charge in [0.05, 0.1) is 18.2 Å². The van der Waals surface area contributed by atoms with Crippen LogP contribution in [0.3, 0.4) is 0 Å². The number of carbonyl (C=O) groups is 3. The Balaban J connectivity index is 1.21. The summed E-state index contributed by atoms with van der Waals surface area (Å²) in [6.07, 6.45) is 5.56. The van der Waals surface area contributed by atoms with E-state index in [1.165, 1.54) is 30.6 Å². The van der Waals surface area contributed by atoms with Gasteiger partial charge in [0.25, 0.3) is 5.91 Å². The first kappa shape index (κ1) is 29.3. The molecule has 2 fully saturated rings. The van der Waals surface area contributed by atoms with Gasteiger partial charge in [0.1, 0.15) is 16.8 Å². The lowest BCUT2D eigenvalue weighted by atomic mass is 9.88. The minimum Gasteiger partial charge on any atom is -0.508 e. The van der Waals surface area contributed by atoms with Crippen LogP contribution in [-0.2, 0) is 17.8 Å². The Kier molecular flexibility index (Phi) is 8.19. The molecule has 0 radical (unpaired) electrons. The summed E-state index contributed by atoms with van der Waals surface area (Å²) >= 11 is 1.33. The maximum atomic E-state index is 14.3.